The molecule has 1 aromatic rings. The molecule has 1 saturated carbocycles. The molecule has 0 radical (unpaired) electrons. The zero-order valence-electron chi connectivity index (χ0n) is 12.6. The number of carbonyl (C=O) groups is 1. The number of hydrogen-bond donors (Lipinski definition) is 2. The van der Waals surface area contributed by atoms with E-state index in [1.807, 2.05) is 6.92 Å². The van der Waals surface area contributed by atoms with Gasteiger partial charge in [0, 0.05) is 24.7 Å². The Morgan fingerprint density at radius 1 is 1.55 bits per heavy atom. The highest BCUT2D eigenvalue weighted by molar-refractivity contribution is 5.96. The maximum absolute atomic E-state index is 12.5. The van der Waals surface area contributed by atoms with Crippen molar-refractivity contribution in [1.29, 1.82) is 0 Å². The molecule has 1 atom stereocenters. The van der Waals surface area contributed by atoms with Crippen LogP contribution in [0.2, 0.25) is 0 Å². The first kappa shape index (κ1) is 13.6. The molecular weight excluding hydrogens is 252 g/mol. The highest BCUT2D eigenvalue weighted by atomic mass is 16.1. The van der Waals surface area contributed by atoms with Crippen molar-refractivity contribution < 1.29 is 4.79 Å². The van der Waals surface area contributed by atoms with Gasteiger partial charge in [-0.1, -0.05) is 6.92 Å². The van der Waals surface area contributed by atoms with Crippen LogP contribution in [-0.2, 0) is 0 Å². The summed E-state index contributed by atoms with van der Waals surface area (Å²) in [5.74, 6) is 0.530. The van der Waals surface area contributed by atoms with E-state index in [0.29, 0.717) is 5.92 Å². The Morgan fingerprint density at radius 3 is 2.90 bits per heavy atom. The zero-order valence-corrected chi connectivity index (χ0v) is 12.6. The van der Waals surface area contributed by atoms with Crippen molar-refractivity contribution in [3.63, 3.8) is 0 Å². The summed E-state index contributed by atoms with van der Waals surface area (Å²) in [6.45, 7) is 7.09. The molecule has 2 N–H and O–H groups in total. The third kappa shape index (κ3) is 2.59. The van der Waals surface area contributed by atoms with E-state index in [-0.39, 0.29) is 11.3 Å². The Hall–Kier alpha value is -1.36. The third-order valence-corrected chi connectivity index (χ3v) is 4.59. The van der Waals surface area contributed by atoms with Crippen LogP contribution in [0.4, 0.5) is 0 Å². The monoisotopic (exact) mass is 276 g/mol. The van der Waals surface area contributed by atoms with Gasteiger partial charge in [-0.25, -0.2) is 0 Å². The van der Waals surface area contributed by atoms with E-state index in [9.17, 15) is 4.79 Å². The number of amides is 1. The standard InChI is InChI=1S/C15H24N4O/c1-10-12(13(18-17-10)11-4-5-11)14(20)16-8-15(2)6-7-19(3)9-15/h11H,4-9H2,1-3H3,(H,16,20)(H,17,18)/t15-/m0/s1. The Morgan fingerprint density at radius 2 is 2.30 bits per heavy atom. The fourth-order valence-electron chi connectivity index (χ4n) is 3.18. The smallest absolute Gasteiger partial charge is 0.255 e. The highest BCUT2D eigenvalue weighted by Gasteiger charge is 2.34. The lowest BCUT2D eigenvalue weighted by molar-refractivity contribution is 0.0933. The van der Waals surface area contributed by atoms with Crippen LogP contribution in [0.1, 0.15) is 53.8 Å². The Balaban J connectivity index is 1.66. The molecule has 5 nitrogen and oxygen atoms in total. The fourth-order valence-corrected chi connectivity index (χ4v) is 3.18. The lowest BCUT2D eigenvalue weighted by Crippen LogP contribution is -2.37. The van der Waals surface area contributed by atoms with Crippen LogP contribution >= 0.6 is 0 Å². The van der Waals surface area contributed by atoms with Crippen LogP contribution in [0.5, 0.6) is 0 Å². The van der Waals surface area contributed by atoms with E-state index >= 15 is 0 Å². The van der Waals surface area contributed by atoms with Gasteiger partial charge in [-0.15, -0.1) is 0 Å². The topological polar surface area (TPSA) is 61.0 Å². The minimum absolute atomic E-state index is 0.0360. The van der Waals surface area contributed by atoms with Crippen molar-refractivity contribution >= 4 is 5.91 Å². The minimum atomic E-state index is 0.0360. The normalized spacial score (nSPS) is 26.9. The first-order valence-electron chi connectivity index (χ1n) is 7.50. The van der Waals surface area contributed by atoms with Crippen LogP contribution in [0.15, 0.2) is 0 Å². The van der Waals surface area contributed by atoms with Gasteiger partial charge in [0.15, 0.2) is 0 Å². The Kier molecular flexibility index (Phi) is 3.32. The van der Waals surface area contributed by atoms with Crippen molar-refractivity contribution in [2.45, 2.75) is 39.0 Å². The molecule has 0 unspecified atom stereocenters. The molecule has 0 bridgehead atoms. The Labute approximate surface area is 120 Å². The molecule has 0 spiro atoms. The molecule has 1 aliphatic carbocycles. The molecule has 20 heavy (non-hydrogen) atoms. The van der Waals surface area contributed by atoms with Gasteiger partial charge < -0.3 is 10.2 Å². The number of likely N-dealkylation sites (tertiary alicyclic amines) is 1. The summed E-state index contributed by atoms with van der Waals surface area (Å²) < 4.78 is 0. The first-order chi connectivity index (χ1) is 9.48. The number of aromatic nitrogens is 2. The second-order valence-corrected chi connectivity index (χ2v) is 6.86. The molecule has 3 rings (SSSR count). The fraction of sp³-hybridized carbons (Fsp3) is 0.733. The summed E-state index contributed by atoms with van der Waals surface area (Å²) >= 11 is 0. The number of rotatable bonds is 4. The number of nitrogens with zero attached hydrogens (tertiary/aromatic N) is 2. The summed E-state index contributed by atoms with van der Waals surface area (Å²) in [5, 5.41) is 10.4. The van der Waals surface area contributed by atoms with Crippen LogP contribution in [0.3, 0.4) is 0 Å². The second kappa shape index (κ2) is 4.88. The molecular formula is C15H24N4O. The number of hydrogen-bond acceptors (Lipinski definition) is 3. The molecule has 1 aliphatic heterocycles. The van der Waals surface area contributed by atoms with Crippen LogP contribution < -0.4 is 5.32 Å². The van der Waals surface area contributed by atoms with Crippen molar-refractivity contribution in [2.24, 2.45) is 5.41 Å². The highest BCUT2D eigenvalue weighted by Crippen LogP contribution is 2.41. The molecule has 1 saturated heterocycles. The predicted octanol–water partition coefficient (Wildman–Crippen LogP) is 1.67. The van der Waals surface area contributed by atoms with Gasteiger partial charge in [-0.05, 0) is 45.2 Å². The summed E-state index contributed by atoms with van der Waals surface area (Å²) in [6, 6.07) is 0. The lowest BCUT2D eigenvalue weighted by atomic mass is 9.89. The quantitative estimate of drug-likeness (QED) is 0.879. The van der Waals surface area contributed by atoms with Crippen LogP contribution in [0.25, 0.3) is 0 Å². The van der Waals surface area contributed by atoms with Gasteiger partial charge in [0.05, 0.1) is 11.3 Å². The third-order valence-electron chi connectivity index (χ3n) is 4.59. The summed E-state index contributed by atoms with van der Waals surface area (Å²) in [4.78, 5) is 14.8. The van der Waals surface area contributed by atoms with Crippen LogP contribution in [-0.4, -0.2) is 47.7 Å². The summed E-state index contributed by atoms with van der Waals surface area (Å²) in [6.07, 6.45) is 3.46. The van der Waals surface area contributed by atoms with Gasteiger partial charge in [-0.3, -0.25) is 9.89 Å². The van der Waals surface area contributed by atoms with E-state index in [1.54, 1.807) is 0 Å². The minimum Gasteiger partial charge on any atom is -0.351 e. The maximum atomic E-state index is 12.5. The molecule has 2 aliphatic rings. The van der Waals surface area contributed by atoms with Gasteiger partial charge in [0.2, 0.25) is 0 Å². The molecule has 5 heteroatoms. The van der Waals surface area contributed by atoms with E-state index < -0.39 is 0 Å². The average molecular weight is 276 g/mol. The molecule has 1 aromatic heterocycles. The molecule has 110 valence electrons. The largest absolute Gasteiger partial charge is 0.351 e. The summed E-state index contributed by atoms with van der Waals surface area (Å²) in [5.41, 5.74) is 2.83. The molecule has 1 amide bonds. The maximum Gasteiger partial charge on any atom is 0.255 e. The van der Waals surface area contributed by atoms with E-state index in [4.69, 9.17) is 0 Å². The molecule has 2 fully saturated rings. The van der Waals surface area contributed by atoms with E-state index in [2.05, 4.69) is 34.4 Å². The van der Waals surface area contributed by atoms with Gasteiger partial charge in [-0.2, -0.15) is 5.10 Å². The first-order valence-corrected chi connectivity index (χ1v) is 7.50. The second-order valence-electron chi connectivity index (χ2n) is 6.86. The number of aromatic amines is 1. The van der Waals surface area contributed by atoms with Crippen molar-refractivity contribution in [3.8, 4) is 0 Å². The van der Waals surface area contributed by atoms with Crippen molar-refractivity contribution in [2.75, 3.05) is 26.7 Å². The molecule has 2 heterocycles. The zero-order chi connectivity index (χ0) is 14.3. The van der Waals surface area contributed by atoms with E-state index in [1.165, 1.54) is 0 Å². The van der Waals surface area contributed by atoms with Gasteiger partial charge >= 0.3 is 0 Å². The number of nitrogens with one attached hydrogen (secondary N) is 2. The van der Waals surface area contributed by atoms with Crippen molar-refractivity contribution in [1.82, 2.24) is 20.4 Å². The number of aryl methyl sites for hydroxylation is 1. The predicted molar refractivity (Wildman–Crippen MR) is 77.9 cm³/mol. The molecule has 0 aromatic carbocycles. The van der Waals surface area contributed by atoms with Gasteiger partial charge in [0.25, 0.3) is 5.91 Å². The Bertz CT molecular complexity index is 520. The lowest BCUT2D eigenvalue weighted by Gasteiger charge is -2.24. The summed E-state index contributed by atoms with van der Waals surface area (Å²) in [7, 11) is 2.14. The average Bonchev–Trinajstić information content (AvgIpc) is 3.09. The van der Waals surface area contributed by atoms with Crippen molar-refractivity contribution in [3.05, 3.63) is 17.0 Å². The van der Waals surface area contributed by atoms with Gasteiger partial charge in [0.1, 0.15) is 0 Å². The SMILES string of the molecule is Cc1[nH]nc(C2CC2)c1C(=O)NC[C@]1(C)CCN(C)C1. The number of carbonyl (C=O) groups excluding carboxylic acids is 1. The number of H-pyrrole nitrogens is 1. The van der Waals surface area contributed by atoms with E-state index in [0.717, 1.165) is 55.8 Å². The van der Waals surface area contributed by atoms with Crippen LogP contribution in [0, 0.1) is 12.3 Å².